The Labute approximate surface area is 392 Å². The van der Waals surface area contributed by atoms with Crippen molar-refractivity contribution in [1.82, 2.24) is 0 Å². The maximum absolute atomic E-state index is 6.46. The Hall–Kier alpha value is -6.76. The molecule has 0 spiro atoms. The zero-order valence-corrected chi connectivity index (χ0v) is 40.3. The number of hydrogen-bond donors (Lipinski definition) is 0. The molecule has 6 heteroatoms. The summed E-state index contributed by atoms with van der Waals surface area (Å²) in [5.41, 5.74) is 22.9. The van der Waals surface area contributed by atoms with Gasteiger partial charge in [0.05, 0.1) is 22.6 Å². The zero-order valence-electron chi connectivity index (χ0n) is 39.5. The summed E-state index contributed by atoms with van der Waals surface area (Å²) in [6, 6.07) is 49.7. The number of hydrogen-bond acceptors (Lipinski definition) is 5. The Kier molecular flexibility index (Phi) is 8.87. The van der Waals surface area contributed by atoms with E-state index < -0.39 is 0 Å². The SMILES string of the molecule is Cc1cc(C(C)(C)C)cc(C)c1N1c2cc(-c3coc4ccccc34)ccc2B2c3c1cccc3N(c1c(C)cc(-c3cc4ccccc4o3)cc1C)c1sc3ccc(C(C)(C)C)cc3c12. The molecule has 2 aliphatic heterocycles. The molecule has 4 nitrogen and oxygen atoms in total. The van der Waals surface area contributed by atoms with Crippen LogP contribution >= 0.6 is 11.3 Å². The number of para-hydroxylation sites is 2. The van der Waals surface area contributed by atoms with Crippen molar-refractivity contribution >= 4 is 99.9 Å². The highest BCUT2D eigenvalue weighted by molar-refractivity contribution is 7.26. The van der Waals surface area contributed by atoms with Crippen LogP contribution in [-0.4, -0.2) is 6.71 Å². The molecule has 0 radical (unpaired) electrons. The lowest BCUT2D eigenvalue weighted by Gasteiger charge is -2.44. The molecule has 0 amide bonds. The third kappa shape index (κ3) is 6.10. The minimum absolute atomic E-state index is 0.0128. The maximum Gasteiger partial charge on any atom is 0.254 e. The fourth-order valence-corrected chi connectivity index (χ4v) is 12.3. The van der Waals surface area contributed by atoms with Crippen LogP contribution in [0.4, 0.5) is 33.4 Å². The van der Waals surface area contributed by atoms with E-state index >= 15 is 0 Å². The largest absolute Gasteiger partial charge is 0.464 e. The van der Waals surface area contributed by atoms with Gasteiger partial charge in [0.2, 0.25) is 0 Å². The fraction of sp³-hybridized carbons (Fsp3) is 0.200. The Morgan fingerprint density at radius 3 is 1.88 bits per heavy atom. The number of anilines is 6. The van der Waals surface area contributed by atoms with E-state index in [-0.39, 0.29) is 17.5 Å². The molecular formula is C60H53BN2O2S. The normalized spacial score (nSPS) is 13.5. The first-order valence-corrected chi connectivity index (χ1v) is 24.1. The van der Waals surface area contributed by atoms with Crippen molar-refractivity contribution in [2.75, 3.05) is 9.80 Å². The van der Waals surface area contributed by atoms with Gasteiger partial charge in [-0.1, -0.05) is 120 Å². The highest BCUT2D eigenvalue weighted by Gasteiger charge is 2.46. The van der Waals surface area contributed by atoms with E-state index in [1.807, 2.05) is 35.8 Å². The quantitative estimate of drug-likeness (QED) is 0.165. The molecule has 66 heavy (non-hydrogen) atoms. The van der Waals surface area contributed by atoms with Crippen molar-refractivity contribution in [1.29, 1.82) is 0 Å². The van der Waals surface area contributed by atoms with Gasteiger partial charge >= 0.3 is 0 Å². The number of thiophene rings is 1. The van der Waals surface area contributed by atoms with Gasteiger partial charge < -0.3 is 18.6 Å². The summed E-state index contributed by atoms with van der Waals surface area (Å²) in [6.45, 7) is 23.0. The van der Waals surface area contributed by atoms with Crippen LogP contribution < -0.4 is 26.2 Å². The summed E-state index contributed by atoms with van der Waals surface area (Å²) in [7, 11) is 0. The maximum atomic E-state index is 6.46. The molecular weight excluding hydrogens is 824 g/mol. The van der Waals surface area contributed by atoms with Crippen molar-refractivity contribution in [3.05, 3.63) is 173 Å². The molecule has 0 fully saturated rings. The van der Waals surface area contributed by atoms with E-state index in [9.17, 15) is 0 Å². The van der Waals surface area contributed by atoms with Crippen LogP contribution in [0, 0.1) is 27.7 Å². The second-order valence-corrected chi connectivity index (χ2v) is 21.9. The van der Waals surface area contributed by atoms with Gasteiger partial charge in [-0.3, -0.25) is 0 Å². The minimum Gasteiger partial charge on any atom is -0.464 e. The van der Waals surface area contributed by atoms with E-state index in [1.165, 1.54) is 93.3 Å². The smallest absolute Gasteiger partial charge is 0.254 e. The average molecular weight is 877 g/mol. The minimum atomic E-state index is -0.0160. The molecule has 12 rings (SSSR count). The first-order chi connectivity index (χ1) is 31.6. The highest BCUT2D eigenvalue weighted by atomic mass is 32.1. The molecule has 3 aromatic heterocycles. The number of benzene rings is 7. The summed E-state index contributed by atoms with van der Waals surface area (Å²) in [4.78, 5) is 5.20. The topological polar surface area (TPSA) is 32.8 Å². The van der Waals surface area contributed by atoms with Gasteiger partial charge in [0, 0.05) is 43.7 Å². The molecule has 0 aliphatic carbocycles. The van der Waals surface area contributed by atoms with Crippen molar-refractivity contribution in [2.45, 2.75) is 80.1 Å². The van der Waals surface area contributed by atoms with E-state index in [4.69, 9.17) is 8.83 Å². The molecule has 0 atom stereocenters. The average Bonchev–Trinajstić information content (AvgIpc) is 4.02. The third-order valence-electron chi connectivity index (χ3n) is 14.3. The lowest BCUT2D eigenvalue weighted by Crippen LogP contribution is -2.61. The molecule has 2 aliphatic rings. The zero-order chi connectivity index (χ0) is 45.6. The number of furan rings is 2. The van der Waals surface area contributed by atoms with Gasteiger partial charge in [-0.25, -0.2) is 0 Å². The number of nitrogens with zero attached hydrogens (tertiary/aromatic N) is 2. The lowest BCUT2D eigenvalue weighted by atomic mass is 9.33. The van der Waals surface area contributed by atoms with E-state index in [2.05, 4.69) is 194 Å². The van der Waals surface area contributed by atoms with Crippen molar-refractivity contribution in [3.63, 3.8) is 0 Å². The van der Waals surface area contributed by atoms with Crippen LogP contribution in [0.25, 0.3) is 54.5 Å². The number of fused-ring (bicyclic) bond motifs is 8. The second-order valence-electron chi connectivity index (χ2n) is 20.8. The van der Waals surface area contributed by atoms with Crippen molar-refractivity contribution in [2.24, 2.45) is 0 Å². The Bertz CT molecular complexity index is 3570. The van der Waals surface area contributed by atoms with Crippen LogP contribution in [0.2, 0.25) is 0 Å². The molecule has 0 saturated heterocycles. The van der Waals surface area contributed by atoms with Crippen molar-refractivity contribution < 1.29 is 8.83 Å². The molecule has 5 heterocycles. The Morgan fingerprint density at radius 2 is 1.17 bits per heavy atom. The molecule has 0 saturated carbocycles. The molecule has 324 valence electrons. The third-order valence-corrected chi connectivity index (χ3v) is 15.4. The van der Waals surface area contributed by atoms with Crippen LogP contribution in [0.5, 0.6) is 0 Å². The second kappa shape index (κ2) is 14.4. The summed E-state index contributed by atoms with van der Waals surface area (Å²) in [5.74, 6) is 0.889. The summed E-state index contributed by atoms with van der Waals surface area (Å²) < 4.78 is 13.9. The Balaban J connectivity index is 1.16. The van der Waals surface area contributed by atoms with E-state index in [0.717, 1.165) is 44.4 Å². The molecule has 10 aromatic rings. The first-order valence-electron chi connectivity index (χ1n) is 23.3. The van der Waals surface area contributed by atoms with Gasteiger partial charge in [0.1, 0.15) is 16.9 Å². The standard InChI is InChI=1S/C60H53BN2O2S/c1-34-26-40(52-31-39-16-11-13-20-50(39)65-52)27-35(2)57(34)63-48-19-15-18-47-55(48)61(54-44-32-41(59(5,6)7)23-25-53(44)66-58(54)63)46-24-22-38(45-33-64-51-21-14-12-17-43(45)51)30-49(46)62(47)56-36(3)28-42(29-37(56)4)60(8,9)10/h11-33H,1-10H3. The fourth-order valence-electron chi connectivity index (χ4n) is 11.1. The van der Waals surface area contributed by atoms with Gasteiger partial charge in [-0.15, -0.1) is 11.3 Å². The van der Waals surface area contributed by atoms with Crippen molar-refractivity contribution in [3.8, 4) is 22.5 Å². The van der Waals surface area contributed by atoms with E-state index in [0.29, 0.717) is 0 Å². The van der Waals surface area contributed by atoms with Gasteiger partial charge in [0.25, 0.3) is 6.71 Å². The van der Waals surface area contributed by atoms with Gasteiger partial charge in [-0.2, -0.15) is 0 Å². The lowest BCUT2D eigenvalue weighted by molar-refractivity contribution is 0.589. The Morgan fingerprint density at radius 1 is 0.515 bits per heavy atom. The molecule has 0 N–H and O–H groups in total. The van der Waals surface area contributed by atoms with Crippen LogP contribution in [0.15, 0.2) is 149 Å². The monoisotopic (exact) mass is 876 g/mol. The predicted molar refractivity (Wildman–Crippen MR) is 283 cm³/mol. The predicted octanol–water partition coefficient (Wildman–Crippen LogP) is 15.6. The summed E-state index contributed by atoms with van der Waals surface area (Å²) in [5, 5.41) is 4.84. The summed E-state index contributed by atoms with van der Waals surface area (Å²) in [6.07, 6.45) is 1.93. The molecule has 0 unspecified atom stereocenters. The molecule has 7 aromatic carbocycles. The van der Waals surface area contributed by atoms with Crippen LogP contribution in [0.1, 0.15) is 74.9 Å². The van der Waals surface area contributed by atoms with Crippen LogP contribution in [0.3, 0.4) is 0 Å². The first kappa shape index (κ1) is 40.7. The number of aryl methyl sites for hydroxylation is 4. The molecule has 0 bridgehead atoms. The van der Waals surface area contributed by atoms with E-state index in [1.54, 1.807) is 0 Å². The van der Waals surface area contributed by atoms with Crippen LogP contribution in [-0.2, 0) is 10.8 Å². The van der Waals surface area contributed by atoms with Gasteiger partial charge in [0.15, 0.2) is 0 Å². The van der Waals surface area contributed by atoms with Gasteiger partial charge in [-0.05, 0) is 154 Å². The highest BCUT2D eigenvalue weighted by Crippen LogP contribution is 2.51. The summed E-state index contributed by atoms with van der Waals surface area (Å²) >= 11 is 1.92. The number of rotatable bonds is 4.